The Kier molecular flexibility index (Phi) is 3.09. The highest BCUT2D eigenvalue weighted by Crippen LogP contribution is 2.21. The Hall–Kier alpha value is -2.07. The second-order valence-electron chi connectivity index (χ2n) is 4.37. The van der Waals surface area contributed by atoms with E-state index >= 15 is 0 Å². The molecule has 4 nitrogen and oxygen atoms in total. The zero-order valence-electron chi connectivity index (χ0n) is 10.4. The maximum atomic E-state index is 5.86. The Morgan fingerprint density at radius 2 is 2.11 bits per heavy atom. The quantitative estimate of drug-likeness (QED) is 0.714. The van der Waals surface area contributed by atoms with Crippen molar-refractivity contribution in [3.8, 4) is 0 Å². The van der Waals surface area contributed by atoms with Crippen LogP contribution in [0, 0.1) is 0 Å². The number of fused-ring (bicyclic) bond motifs is 1. The number of halogens is 1. The van der Waals surface area contributed by atoms with Crippen LogP contribution < -0.4 is 5.32 Å². The summed E-state index contributed by atoms with van der Waals surface area (Å²) in [6, 6.07) is 11.7. The Balaban J connectivity index is 1.85. The average Bonchev–Trinajstić information content (AvgIpc) is 2.82. The number of rotatable bonds is 3. The molecule has 1 aromatic carbocycles. The number of aromatic nitrogens is 3. The molecule has 1 unspecified atom stereocenters. The topological polar surface area (TPSA) is 53.6 Å². The molecule has 5 heteroatoms. The maximum Gasteiger partial charge on any atom is 0.131 e. The normalized spacial score (nSPS) is 12.5. The molecule has 0 aliphatic carbocycles. The molecule has 0 spiro atoms. The Morgan fingerprint density at radius 1 is 1.26 bits per heavy atom. The molecule has 3 aromatic rings. The highest BCUT2D eigenvalue weighted by atomic mass is 35.5. The minimum atomic E-state index is 0.0610. The Morgan fingerprint density at radius 3 is 2.89 bits per heavy atom. The van der Waals surface area contributed by atoms with Crippen molar-refractivity contribution in [3.05, 3.63) is 53.6 Å². The van der Waals surface area contributed by atoms with Crippen LogP contribution in [0.25, 0.3) is 11.0 Å². The molecule has 2 heterocycles. The molecule has 19 heavy (non-hydrogen) atoms. The van der Waals surface area contributed by atoms with E-state index in [2.05, 4.69) is 20.3 Å². The van der Waals surface area contributed by atoms with Gasteiger partial charge in [-0.25, -0.2) is 9.97 Å². The summed E-state index contributed by atoms with van der Waals surface area (Å²) in [5.41, 5.74) is 2.94. The first kappa shape index (κ1) is 12.0. The number of imidazole rings is 1. The second-order valence-corrected chi connectivity index (χ2v) is 4.76. The highest BCUT2D eigenvalue weighted by Gasteiger charge is 2.10. The first-order valence-electron chi connectivity index (χ1n) is 6.05. The maximum absolute atomic E-state index is 5.86. The molecule has 0 bridgehead atoms. The molecule has 0 saturated heterocycles. The number of hydrogen-bond acceptors (Lipinski definition) is 3. The Bertz CT molecular complexity index is 674. The van der Waals surface area contributed by atoms with Crippen molar-refractivity contribution in [2.24, 2.45) is 0 Å². The molecule has 3 rings (SSSR count). The van der Waals surface area contributed by atoms with E-state index < -0.39 is 0 Å². The number of H-pyrrole nitrogens is 1. The van der Waals surface area contributed by atoms with Gasteiger partial charge in [0.15, 0.2) is 0 Å². The van der Waals surface area contributed by atoms with Crippen LogP contribution in [0.5, 0.6) is 0 Å². The molecule has 2 N–H and O–H groups in total. The van der Waals surface area contributed by atoms with E-state index in [4.69, 9.17) is 11.6 Å². The first-order valence-corrected chi connectivity index (χ1v) is 6.43. The third-order valence-corrected chi connectivity index (χ3v) is 3.13. The van der Waals surface area contributed by atoms with Gasteiger partial charge in [-0.15, -0.1) is 0 Å². The lowest BCUT2D eigenvalue weighted by atomic mass is 10.3. The lowest BCUT2D eigenvalue weighted by Crippen LogP contribution is -2.08. The van der Waals surface area contributed by atoms with E-state index in [1.807, 2.05) is 37.3 Å². The third-order valence-electron chi connectivity index (χ3n) is 2.93. The van der Waals surface area contributed by atoms with E-state index in [1.165, 1.54) is 0 Å². The van der Waals surface area contributed by atoms with Crippen molar-refractivity contribution in [3.63, 3.8) is 0 Å². The molecule has 0 amide bonds. The molecule has 96 valence electrons. The van der Waals surface area contributed by atoms with Gasteiger partial charge in [0.2, 0.25) is 0 Å². The van der Waals surface area contributed by atoms with Gasteiger partial charge in [0, 0.05) is 11.9 Å². The summed E-state index contributed by atoms with van der Waals surface area (Å²) in [6.45, 7) is 2.05. The smallest absolute Gasteiger partial charge is 0.131 e. The van der Waals surface area contributed by atoms with Gasteiger partial charge >= 0.3 is 0 Å². The van der Waals surface area contributed by atoms with Crippen molar-refractivity contribution in [1.29, 1.82) is 0 Å². The van der Waals surface area contributed by atoms with E-state index in [0.717, 1.165) is 22.5 Å². The molecule has 0 fully saturated rings. The van der Waals surface area contributed by atoms with E-state index in [0.29, 0.717) is 5.15 Å². The summed E-state index contributed by atoms with van der Waals surface area (Å²) < 4.78 is 0. The number of benzene rings is 1. The predicted molar refractivity (Wildman–Crippen MR) is 77.4 cm³/mol. The van der Waals surface area contributed by atoms with Crippen LogP contribution in [0.2, 0.25) is 5.15 Å². The number of anilines is 1. The number of hydrogen-bond donors (Lipinski definition) is 2. The summed E-state index contributed by atoms with van der Waals surface area (Å²) in [4.78, 5) is 11.8. The highest BCUT2D eigenvalue weighted by molar-refractivity contribution is 6.29. The fourth-order valence-corrected chi connectivity index (χ4v) is 2.16. The second kappa shape index (κ2) is 4.90. The van der Waals surface area contributed by atoms with E-state index in [1.54, 1.807) is 12.3 Å². The summed E-state index contributed by atoms with van der Waals surface area (Å²) >= 11 is 5.86. The van der Waals surface area contributed by atoms with Crippen LogP contribution in [-0.4, -0.2) is 15.0 Å². The summed E-state index contributed by atoms with van der Waals surface area (Å²) in [5, 5.41) is 3.82. The van der Waals surface area contributed by atoms with Crippen molar-refractivity contribution < 1.29 is 0 Å². The fraction of sp³-hybridized carbons (Fsp3) is 0.143. The van der Waals surface area contributed by atoms with Gasteiger partial charge in [0.05, 0.1) is 17.1 Å². The van der Waals surface area contributed by atoms with Gasteiger partial charge in [0.1, 0.15) is 11.0 Å². The van der Waals surface area contributed by atoms with Crippen LogP contribution in [0.1, 0.15) is 18.8 Å². The van der Waals surface area contributed by atoms with Gasteiger partial charge in [-0.05, 0) is 31.2 Å². The fourth-order valence-electron chi connectivity index (χ4n) is 1.99. The molecule has 0 aliphatic rings. The first-order chi connectivity index (χ1) is 9.22. The summed E-state index contributed by atoms with van der Waals surface area (Å²) in [5.74, 6) is 0.897. The largest absolute Gasteiger partial charge is 0.375 e. The average molecular weight is 273 g/mol. The van der Waals surface area contributed by atoms with Crippen LogP contribution in [0.3, 0.4) is 0 Å². The standard InChI is InChI=1S/C14H13ClN4/c1-9(17-10-6-7-16-13(15)8-10)14-18-11-4-2-3-5-12(11)19-14/h2-9H,1H3,(H,16,17)(H,18,19). The van der Waals surface area contributed by atoms with Crippen LogP contribution in [-0.2, 0) is 0 Å². The van der Waals surface area contributed by atoms with E-state index in [9.17, 15) is 0 Å². The molecule has 1 atom stereocenters. The van der Waals surface area contributed by atoms with Gasteiger partial charge in [-0.1, -0.05) is 23.7 Å². The van der Waals surface area contributed by atoms with Crippen molar-refractivity contribution >= 4 is 28.3 Å². The monoisotopic (exact) mass is 272 g/mol. The summed E-state index contributed by atoms with van der Waals surface area (Å²) in [7, 11) is 0. The minimum Gasteiger partial charge on any atom is -0.375 e. The lowest BCUT2D eigenvalue weighted by molar-refractivity contribution is 0.815. The molecular formula is C14H13ClN4. The molecule has 0 saturated carbocycles. The molecule has 0 aliphatic heterocycles. The van der Waals surface area contributed by atoms with Gasteiger partial charge in [-0.2, -0.15) is 0 Å². The number of aromatic amines is 1. The number of pyridine rings is 1. The SMILES string of the molecule is CC(Nc1ccnc(Cl)c1)c1nc2ccccc2[nH]1. The van der Waals surface area contributed by atoms with E-state index in [-0.39, 0.29) is 6.04 Å². The minimum absolute atomic E-state index is 0.0610. The van der Waals surface area contributed by atoms with Crippen molar-refractivity contribution in [1.82, 2.24) is 15.0 Å². The van der Waals surface area contributed by atoms with Crippen LogP contribution >= 0.6 is 11.6 Å². The number of nitrogens with one attached hydrogen (secondary N) is 2. The number of nitrogens with zero attached hydrogens (tertiary/aromatic N) is 2. The lowest BCUT2D eigenvalue weighted by Gasteiger charge is -2.12. The van der Waals surface area contributed by atoms with Crippen LogP contribution in [0.4, 0.5) is 5.69 Å². The molecule has 2 aromatic heterocycles. The number of para-hydroxylation sites is 2. The van der Waals surface area contributed by atoms with Crippen molar-refractivity contribution in [2.75, 3.05) is 5.32 Å². The van der Waals surface area contributed by atoms with Gasteiger partial charge in [-0.3, -0.25) is 0 Å². The third kappa shape index (κ3) is 2.53. The molecule has 0 radical (unpaired) electrons. The zero-order chi connectivity index (χ0) is 13.2. The predicted octanol–water partition coefficient (Wildman–Crippen LogP) is 3.78. The summed E-state index contributed by atoms with van der Waals surface area (Å²) in [6.07, 6.45) is 1.68. The zero-order valence-corrected chi connectivity index (χ0v) is 11.1. The van der Waals surface area contributed by atoms with Gasteiger partial charge in [0.25, 0.3) is 0 Å². The Labute approximate surface area is 115 Å². The van der Waals surface area contributed by atoms with Gasteiger partial charge < -0.3 is 10.3 Å². The molecular weight excluding hydrogens is 260 g/mol. The van der Waals surface area contributed by atoms with Crippen molar-refractivity contribution in [2.45, 2.75) is 13.0 Å². The van der Waals surface area contributed by atoms with Crippen LogP contribution in [0.15, 0.2) is 42.6 Å².